The largest absolute Gasteiger partial charge is 0.638 e. The third-order valence-electron chi connectivity index (χ3n) is 7.72. The van der Waals surface area contributed by atoms with Gasteiger partial charge in [-0.2, -0.15) is 0 Å². The minimum Gasteiger partial charge on any atom is -0.537 e. The zero-order chi connectivity index (χ0) is 29.9. The molecule has 0 aliphatic rings. The summed E-state index contributed by atoms with van der Waals surface area (Å²) in [5.74, 6) is 0.674. The van der Waals surface area contributed by atoms with Gasteiger partial charge in [0.1, 0.15) is 5.75 Å². The van der Waals surface area contributed by atoms with Crippen LogP contribution in [0.5, 0.6) is 5.75 Å². The van der Waals surface area contributed by atoms with Crippen molar-refractivity contribution in [1.82, 2.24) is 0 Å². The van der Waals surface area contributed by atoms with Crippen molar-refractivity contribution < 1.29 is 23.6 Å². The first kappa shape index (κ1) is 29.2. The van der Waals surface area contributed by atoms with E-state index in [1.165, 1.54) is 85.1 Å². The molecule has 1 N–H and O–H groups in total. The Labute approximate surface area is 259 Å². The summed E-state index contributed by atoms with van der Waals surface area (Å²) in [5.41, 5.74) is 0. The predicted octanol–water partition coefficient (Wildman–Crippen LogP) is 8.75. The SMILES string of the molecule is Brc1ccc2ccc3cccc4ccc1c2c34.COB(OC)OC.O[B]Oc1ccc2ccc3cccc4ccc1c2c34. The monoisotopic (exact) mass is 629 g/mol. The Hall–Kier alpha value is -3.91. The minimum absolute atomic E-state index is 0.514. The van der Waals surface area contributed by atoms with Gasteiger partial charge in [0.05, 0.1) is 0 Å². The van der Waals surface area contributed by atoms with E-state index in [2.05, 4.69) is 121 Å². The molecule has 0 aliphatic carbocycles. The Kier molecular flexibility index (Phi) is 8.66. The summed E-state index contributed by atoms with van der Waals surface area (Å²) < 4.78 is 20.2. The van der Waals surface area contributed by atoms with Crippen LogP contribution in [0.1, 0.15) is 0 Å². The molecule has 0 bridgehead atoms. The number of hydrogen-bond donors (Lipinski definition) is 1. The average molecular weight is 630 g/mol. The maximum Gasteiger partial charge on any atom is 0.638 e. The third-order valence-corrected chi connectivity index (χ3v) is 8.41. The molecule has 0 aromatic heterocycles. The summed E-state index contributed by atoms with van der Waals surface area (Å²) in [6.07, 6.45) is 0. The predicted molar refractivity (Wildman–Crippen MR) is 183 cm³/mol. The van der Waals surface area contributed by atoms with Crippen LogP contribution >= 0.6 is 15.9 Å². The van der Waals surface area contributed by atoms with Gasteiger partial charge in [0.25, 0.3) is 0 Å². The van der Waals surface area contributed by atoms with Crippen molar-refractivity contribution in [1.29, 1.82) is 0 Å². The lowest BCUT2D eigenvalue weighted by molar-refractivity contribution is 0.163. The number of rotatable bonds is 5. The number of halogens is 1. The first-order chi connectivity index (χ1) is 21.1. The first-order valence-electron chi connectivity index (χ1n) is 13.8. The van der Waals surface area contributed by atoms with Crippen LogP contribution in [0.25, 0.3) is 64.6 Å². The van der Waals surface area contributed by atoms with E-state index in [9.17, 15) is 0 Å². The molecule has 8 heteroatoms. The van der Waals surface area contributed by atoms with Crippen LogP contribution in [0, 0.1) is 0 Å². The summed E-state index contributed by atoms with van der Waals surface area (Å²) in [5, 5.41) is 24.0. The highest BCUT2D eigenvalue weighted by molar-refractivity contribution is 9.10. The maximum absolute atomic E-state index is 8.87. The lowest BCUT2D eigenvalue weighted by Crippen LogP contribution is -2.21. The van der Waals surface area contributed by atoms with Crippen molar-refractivity contribution in [3.05, 3.63) is 114 Å². The second kappa shape index (κ2) is 12.8. The van der Waals surface area contributed by atoms with Crippen molar-refractivity contribution in [2.45, 2.75) is 0 Å². The Balaban J connectivity index is 0.000000127. The van der Waals surface area contributed by atoms with Crippen molar-refractivity contribution in [2.24, 2.45) is 0 Å². The molecular formula is C35H28B2BrO5. The summed E-state index contributed by atoms with van der Waals surface area (Å²) in [4.78, 5) is 0. The summed E-state index contributed by atoms with van der Waals surface area (Å²) >= 11 is 3.64. The molecule has 211 valence electrons. The fraction of sp³-hybridized carbons (Fsp3) is 0.0857. The molecular weight excluding hydrogens is 602 g/mol. The van der Waals surface area contributed by atoms with E-state index in [1.54, 1.807) is 0 Å². The van der Waals surface area contributed by atoms with Gasteiger partial charge in [0, 0.05) is 36.6 Å². The molecule has 0 aliphatic heterocycles. The van der Waals surface area contributed by atoms with E-state index >= 15 is 0 Å². The van der Waals surface area contributed by atoms with Crippen molar-refractivity contribution in [3.8, 4) is 5.75 Å². The van der Waals surface area contributed by atoms with Crippen LogP contribution in [-0.2, 0) is 14.0 Å². The highest BCUT2D eigenvalue weighted by atomic mass is 79.9. The van der Waals surface area contributed by atoms with Crippen molar-refractivity contribution in [3.63, 3.8) is 0 Å². The molecule has 0 saturated heterocycles. The van der Waals surface area contributed by atoms with Gasteiger partial charge in [-0.3, -0.25) is 0 Å². The fourth-order valence-electron chi connectivity index (χ4n) is 5.86. The van der Waals surface area contributed by atoms with Crippen LogP contribution in [0.3, 0.4) is 0 Å². The highest BCUT2D eigenvalue weighted by Gasteiger charge is 2.13. The van der Waals surface area contributed by atoms with Gasteiger partial charge in [-0.15, -0.1) is 0 Å². The smallest absolute Gasteiger partial charge is 0.537 e. The van der Waals surface area contributed by atoms with E-state index in [0.29, 0.717) is 5.75 Å². The number of hydrogen-bond acceptors (Lipinski definition) is 5. The van der Waals surface area contributed by atoms with Gasteiger partial charge in [-0.1, -0.05) is 113 Å². The van der Waals surface area contributed by atoms with Gasteiger partial charge in [-0.25, -0.2) is 0 Å². The topological polar surface area (TPSA) is 57.2 Å². The highest BCUT2D eigenvalue weighted by Crippen LogP contribution is 2.39. The van der Waals surface area contributed by atoms with Crippen LogP contribution in [0.4, 0.5) is 0 Å². The normalized spacial score (nSPS) is 11.2. The van der Waals surface area contributed by atoms with E-state index in [1.807, 2.05) is 18.2 Å². The molecule has 8 aromatic rings. The molecule has 0 saturated carbocycles. The van der Waals surface area contributed by atoms with Gasteiger partial charge >= 0.3 is 15.0 Å². The summed E-state index contributed by atoms with van der Waals surface area (Å²) in [6, 6.07) is 38.2. The molecule has 8 aromatic carbocycles. The second-order valence-electron chi connectivity index (χ2n) is 10.0. The van der Waals surface area contributed by atoms with E-state index in [0.717, 1.165) is 13.1 Å². The minimum atomic E-state index is -0.514. The average Bonchev–Trinajstić information content (AvgIpc) is 3.05. The lowest BCUT2D eigenvalue weighted by Gasteiger charge is -2.13. The molecule has 0 unspecified atom stereocenters. The Morgan fingerprint density at radius 2 is 0.907 bits per heavy atom. The molecule has 0 heterocycles. The molecule has 0 atom stereocenters. The zero-order valence-corrected chi connectivity index (χ0v) is 25.6. The Bertz CT molecular complexity index is 2110. The van der Waals surface area contributed by atoms with Crippen LogP contribution in [-0.4, -0.2) is 41.4 Å². The number of benzene rings is 8. The van der Waals surface area contributed by atoms with Crippen LogP contribution in [0.15, 0.2) is 114 Å². The van der Waals surface area contributed by atoms with Gasteiger partial charge < -0.3 is 23.6 Å². The molecule has 1 radical (unpaired) electrons. The second-order valence-corrected chi connectivity index (χ2v) is 10.9. The molecule has 8 rings (SSSR count). The molecule has 0 spiro atoms. The van der Waals surface area contributed by atoms with Crippen molar-refractivity contribution in [2.75, 3.05) is 21.3 Å². The van der Waals surface area contributed by atoms with Gasteiger partial charge in [-0.05, 0) is 66.0 Å². The first-order valence-corrected chi connectivity index (χ1v) is 14.6. The summed E-state index contributed by atoms with van der Waals surface area (Å²) in [7, 11) is 4.75. The molecule has 0 fully saturated rings. The van der Waals surface area contributed by atoms with E-state index in [4.69, 9.17) is 9.68 Å². The lowest BCUT2D eigenvalue weighted by atomic mass is 9.94. The fourth-order valence-corrected chi connectivity index (χ4v) is 6.32. The molecule has 0 amide bonds. The van der Waals surface area contributed by atoms with E-state index in [-0.39, 0.29) is 0 Å². The molecule has 43 heavy (non-hydrogen) atoms. The third kappa shape index (κ3) is 5.49. The van der Waals surface area contributed by atoms with Gasteiger partial charge in [0.2, 0.25) is 0 Å². The standard InChI is InChI=1S/C16H10BO2.C16H9Br.C3H9BO3/c18-17-19-14-9-7-12-5-4-10-2-1-3-11-6-8-13(14)16(12)15(10)11;17-14-9-7-12-5-4-10-2-1-3-11-6-8-13(14)16(12)15(10)11;1-5-4(6-2)7-3/h1-9,18H;1-9H;1-3H3. The van der Waals surface area contributed by atoms with E-state index < -0.39 is 7.32 Å². The van der Waals surface area contributed by atoms with Crippen LogP contribution < -0.4 is 4.65 Å². The zero-order valence-electron chi connectivity index (χ0n) is 24.0. The summed E-state index contributed by atoms with van der Waals surface area (Å²) in [6.45, 7) is 0. The van der Waals surface area contributed by atoms with Crippen molar-refractivity contribution >= 4 is 95.6 Å². The Morgan fingerprint density at radius 3 is 1.37 bits per heavy atom. The Morgan fingerprint density at radius 1 is 0.512 bits per heavy atom. The quantitative estimate of drug-likeness (QED) is 0.152. The van der Waals surface area contributed by atoms with Gasteiger partial charge in [0.15, 0.2) is 0 Å². The van der Waals surface area contributed by atoms with Crippen LogP contribution in [0.2, 0.25) is 0 Å². The molecule has 5 nitrogen and oxygen atoms in total. The maximum atomic E-state index is 8.87.